The second-order valence-electron chi connectivity index (χ2n) is 4.89. The Labute approximate surface area is 116 Å². The van der Waals surface area contributed by atoms with Gasteiger partial charge in [-0.1, -0.05) is 12.1 Å². The number of hydrogen-bond donors (Lipinski definition) is 1. The Balaban J connectivity index is 2.00. The van der Waals surface area contributed by atoms with Crippen LogP contribution in [0.4, 0.5) is 5.82 Å². The van der Waals surface area contributed by atoms with Crippen LogP contribution < -0.4 is 4.90 Å². The number of aromatic carboxylic acids is 1. The van der Waals surface area contributed by atoms with Crippen LogP contribution in [0.3, 0.4) is 0 Å². The molecule has 102 valence electrons. The van der Waals surface area contributed by atoms with E-state index in [0.717, 1.165) is 35.6 Å². The van der Waals surface area contributed by atoms with Crippen molar-refractivity contribution in [2.24, 2.45) is 0 Å². The fourth-order valence-corrected chi connectivity index (χ4v) is 2.67. The van der Waals surface area contributed by atoms with E-state index in [2.05, 4.69) is 14.9 Å². The van der Waals surface area contributed by atoms with Gasteiger partial charge in [0.15, 0.2) is 0 Å². The highest BCUT2D eigenvalue weighted by Crippen LogP contribution is 2.26. The lowest BCUT2D eigenvalue weighted by molar-refractivity contribution is 0.0695. The van der Waals surface area contributed by atoms with Gasteiger partial charge in [-0.15, -0.1) is 0 Å². The molecule has 0 amide bonds. The normalized spacial score (nSPS) is 13.9. The molecule has 1 aromatic carbocycles. The molecular formula is C15H15N3O2. The minimum Gasteiger partial charge on any atom is -0.478 e. The molecule has 0 spiro atoms. The van der Waals surface area contributed by atoms with Crippen molar-refractivity contribution < 1.29 is 9.90 Å². The van der Waals surface area contributed by atoms with Crippen molar-refractivity contribution >= 4 is 11.8 Å². The first-order valence-corrected chi connectivity index (χ1v) is 6.53. The standard InChI is InChI=1S/C15H15N3O2/c1-10-14(17-7-6-16-10)18-8-5-11-3-2-4-12(15(19)20)13(11)9-18/h2-4,6-7H,5,8-9H2,1H3,(H,19,20). The first-order chi connectivity index (χ1) is 9.66. The third-order valence-corrected chi connectivity index (χ3v) is 3.66. The average molecular weight is 269 g/mol. The lowest BCUT2D eigenvalue weighted by Crippen LogP contribution is -2.33. The lowest BCUT2D eigenvalue weighted by Gasteiger charge is -2.31. The van der Waals surface area contributed by atoms with Crippen molar-refractivity contribution in [1.82, 2.24) is 9.97 Å². The summed E-state index contributed by atoms with van der Waals surface area (Å²) in [5, 5.41) is 9.31. The molecule has 0 fully saturated rings. The van der Waals surface area contributed by atoms with Crippen LogP contribution in [0.2, 0.25) is 0 Å². The van der Waals surface area contributed by atoms with E-state index in [-0.39, 0.29) is 0 Å². The van der Waals surface area contributed by atoms with Crippen molar-refractivity contribution in [1.29, 1.82) is 0 Å². The number of nitrogens with zero attached hydrogens (tertiary/aromatic N) is 3. The van der Waals surface area contributed by atoms with Gasteiger partial charge in [-0.05, 0) is 30.5 Å². The number of carboxylic acids is 1. The Hall–Kier alpha value is -2.43. The first kappa shape index (κ1) is 12.6. The van der Waals surface area contributed by atoms with E-state index in [9.17, 15) is 9.90 Å². The van der Waals surface area contributed by atoms with Gasteiger partial charge in [0.2, 0.25) is 0 Å². The Bertz CT molecular complexity index is 670. The van der Waals surface area contributed by atoms with Crippen LogP contribution in [0, 0.1) is 6.92 Å². The SMILES string of the molecule is Cc1nccnc1N1CCc2cccc(C(=O)O)c2C1. The predicted molar refractivity (Wildman–Crippen MR) is 74.9 cm³/mol. The number of anilines is 1. The number of hydrogen-bond acceptors (Lipinski definition) is 4. The van der Waals surface area contributed by atoms with Gasteiger partial charge in [0.05, 0.1) is 11.3 Å². The van der Waals surface area contributed by atoms with Crippen molar-refractivity contribution in [3.63, 3.8) is 0 Å². The molecule has 0 atom stereocenters. The van der Waals surface area contributed by atoms with Gasteiger partial charge in [-0.25, -0.2) is 9.78 Å². The number of aryl methyl sites for hydroxylation is 1. The number of benzene rings is 1. The molecule has 0 radical (unpaired) electrons. The van der Waals surface area contributed by atoms with Gasteiger partial charge in [0.1, 0.15) is 5.82 Å². The molecule has 0 unspecified atom stereocenters. The number of carboxylic acid groups (broad SMARTS) is 1. The van der Waals surface area contributed by atoms with Gasteiger partial charge in [-0.3, -0.25) is 4.98 Å². The molecule has 5 heteroatoms. The molecule has 2 heterocycles. The van der Waals surface area contributed by atoms with Crippen molar-refractivity contribution in [3.8, 4) is 0 Å². The summed E-state index contributed by atoms with van der Waals surface area (Å²) in [4.78, 5) is 22.0. The molecular weight excluding hydrogens is 254 g/mol. The summed E-state index contributed by atoms with van der Waals surface area (Å²) in [6.45, 7) is 3.31. The Morgan fingerprint density at radius 2 is 2.10 bits per heavy atom. The topological polar surface area (TPSA) is 66.3 Å². The maximum atomic E-state index is 11.3. The first-order valence-electron chi connectivity index (χ1n) is 6.53. The highest BCUT2D eigenvalue weighted by atomic mass is 16.4. The summed E-state index contributed by atoms with van der Waals surface area (Å²) in [6.07, 6.45) is 4.16. The summed E-state index contributed by atoms with van der Waals surface area (Å²) in [5.41, 5.74) is 3.25. The van der Waals surface area contributed by atoms with Crippen molar-refractivity contribution in [2.75, 3.05) is 11.4 Å². The number of fused-ring (bicyclic) bond motifs is 1. The fraction of sp³-hybridized carbons (Fsp3) is 0.267. The van der Waals surface area contributed by atoms with E-state index < -0.39 is 5.97 Å². The van der Waals surface area contributed by atoms with Crippen LogP contribution in [0.15, 0.2) is 30.6 Å². The van der Waals surface area contributed by atoms with Crippen molar-refractivity contribution in [2.45, 2.75) is 19.9 Å². The highest BCUT2D eigenvalue weighted by Gasteiger charge is 2.23. The van der Waals surface area contributed by atoms with E-state index >= 15 is 0 Å². The summed E-state index contributed by atoms with van der Waals surface area (Å²) in [6, 6.07) is 5.47. The van der Waals surface area contributed by atoms with Crippen LogP contribution in [-0.4, -0.2) is 27.6 Å². The second-order valence-corrected chi connectivity index (χ2v) is 4.89. The quantitative estimate of drug-likeness (QED) is 0.903. The highest BCUT2D eigenvalue weighted by molar-refractivity contribution is 5.90. The summed E-state index contributed by atoms with van der Waals surface area (Å²) in [5.74, 6) is -0.0436. The van der Waals surface area contributed by atoms with E-state index in [1.807, 2.05) is 19.1 Å². The van der Waals surface area contributed by atoms with E-state index in [4.69, 9.17) is 0 Å². The van der Waals surface area contributed by atoms with Gasteiger partial charge in [0.25, 0.3) is 0 Å². The second kappa shape index (κ2) is 4.92. The van der Waals surface area contributed by atoms with Crippen LogP contribution in [0.1, 0.15) is 27.2 Å². The monoisotopic (exact) mass is 269 g/mol. The number of rotatable bonds is 2. The van der Waals surface area contributed by atoms with Crippen molar-refractivity contribution in [3.05, 3.63) is 53.0 Å². The summed E-state index contributed by atoms with van der Waals surface area (Å²) in [7, 11) is 0. The van der Waals surface area contributed by atoms with Crippen LogP contribution in [0.5, 0.6) is 0 Å². The zero-order chi connectivity index (χ0) is 14.1. The van der Waals surface area contributed by atoms with Gasteiger partial charge < -0.3 is 10.0 Å². The Morgan fingerprint density at radius 1 is 1.30 bits per heavy atom. The van der Waals surface area contributed by atoms with Gasteiger partial charge in [-0.2, -0.15) is 0 Å². The molecule has 5 nitrogen and oxygen atoms in total. The Kier molecular flexibility index (Phi) is 3.10. The Morgan fingerprint density at radius 3 is 2.85 bits per heavy atom. The van der Waals surface area contributed by atoms with Gasteiger partial charge >= 0.3 is 5.97 Å². The van der Waals surface area contributed by atoms with Crippen LogP contribution in [0.25, 0.3) is 0 Å². The lowest BCUT2D eigenvalue weighted by atomic mass is 9.95. The van der Waals surface area contributed by atoms with E-state index in [1.165, 1.54) is 0 Å². The third kappa shape index (κ3) is 2.11. The fourth-order valence-electron chi connectivity index (χ4n) is 2.67. The largest absolute Gasteiger partial charge is 0.478 e. The molecule has 1 aliphatic heterocycles. The third-order valence-electron chi connectivity index (χ3n) is 3.66. The molecule has 2 aromatic rings. The molecule has 1 aliphatic rings. The average Bonchev–Trinajstić information content (AvgIpc) is 2.46. The van der Waals surface area contributed by atoms with E-state index in [0.29, 0.717) is 12.1 Å². The molecule has 3 rings (SSSR count). The zero-order valence-corrected chi connectivity index (χ0v) is 11.2. The molecule has 0 bridgehead atoms. The molecule has 20 heavy (non-hydrogen) atoms. The van der Waals surface area contributed by atoms with Gasteiger partial charge in [0, 0.05) is 25.5 Å². The zero-order valence-electron chi connectivity index (χ0n) is 11.2. The number of aromatic nitrogens is 2. The maximum Gasteiger partial charge on any atom is 0.336 e. The van der Waals surface area contributed by atoms with Crippen LogP contribution >= 0.6 is 0 Å². The predicted octanol–water partition coefficient (Wildman–Crippen LogP) is 2.05. The number of carbonyl (C=O) groups is 1. The summed E-state index contributed by atoms with van der Waals surface area (Å²) >= 11 is 0. The van der Waals surface area contributed by atoms with Crippen LogP contribution in [-0.2, 0) is 13.0 Å². The molecule has 0 aliphatic carbocycles. The molecule has 1 N–H and O–H groups in total. The minimum atomic E-state index is -0.875. The van der Waals surface area contributed by atoms with E-state index in [1.54, 1.807) is 18.5 Å². The maximum absolute atomic E-state index is 11.3. The molecule has 0 saturated heterocycles. The molecule has 0 saturated carbocycles. The smallest absolute Gasteiger partial charge is 0.336 e. The minimum absolute atomic E-state index is 0.383. The summed E-state index contributed by atoms with van der Waals surface area (Å²) < 4.78 is 0. The molecule has 1 aromatic heterocycles.